The quantitative estimate of drug-likeness (QED) is 0.0421. The molecule has 0 radical (unpaired) electrons. The third-order valence-electron chi connectivity index (χ3n) is 13.4. The molecule has 4 heteroatoms. The van der Waals surface area contributed by atoms with Crippen molar-refractivity contribution in [3.05, 3.63) is 24.3 Å². The molecule has 0 aliphatic heterocycles. The van der Waals surface area contributed by atoms with E-state index >= 15 is 0 Å². The van der Waals surface area contributed by atoms with Crippen LogP contribution in [-0.4, -0.2) is 34.9 Å². The summed E-state index contributed by atoms with van der Waals surface area (Å²) < 4.78 is 0. The van der Waals surface area contributed by atoms with Gasteiger partial charge in [0.05, 0.1) is 18.8 Å². The van der Waals surface area contributed by atoms with Gasteiger partial charge in [0.1, 0.15) is 0 Å². The molecule has 0 aliphatic rings. The highest BCUT2D eigenvalue weighted by atomic mass is 16.3. The highest BCUT2D eigenvalue weighted by Gasteiger charge is 2.18. The number of nitrogens with one attached hydrogen (secondary N) is 1. The van der Waals surface area contributed by atoms with E-state index in [0.29, 0.717) is 6.42 Å². The Hall–Kier alpha value is -1.13. The van der Waals surface area contributed by atoms with E-state index in [2.05, 4.69) is 31.3 Å². The summed E-state index contributed by atoms with van der Waals surface area (Å²) in [6.45, 7) is 4.34. The fourth-order valence-corrected chi connectivity index (χ4v) is 9.08. The number of rotatable bonds is 53. The van der Waals surface area contributed by atoms with Crippen LogP contribution in [0.15, 0.2) is 24.3 Å². The highest BCUT2D eigenvalue weighted by molar-refractivity contribution is 5.76. The summed E-state index contributed by atoms with van der Waals surface area (Å²) >= 11 is 0. The van der Waals surface area contributed by atoms with Gasteiger partial charge in [0, 0.05) is 6.42 Å². The van der Waals surface area contributed by atoms with Gasteiger partial charge in [-0.3, -0.25) is 4.79 Å². The van der Waals surface area contributed by atoms with Gasteiger partial charge < -0.3 is 15.5 Å². The molecule has 0 rings (SSSR count). The Morgan fingerprint density at radius 1 is 0.371 bits per heavy atom. The average Bonchev–Trinajstić information content (AvgIpc) is 3.28. The Kier molecular flexibility index (Phi) is 53.2. The van der Waals surface area contributed by atoms with Crippen molar-refractivity contribution < 1.29 is 15.0 Å². The Morgan fingerprint density at radius 3 is 0.935 bits per heavy atom. The molecule has 0 aromatic heterocycles. The van der Waals surface area contributed by atoms with Gasteiger partial charge in [-0.2, -0.15) is 0 Å². The van der Waals surface area contributed by atoms with Crippen LogP contribution in [-0.2, 0) is 4.79 Å². The first-order valence-electron chi connectivity index (χ1n) is 28.6. The van der Waals surface area contributed by atoms with Crippen LogP contribution in [0, 0.1) is 0 Å². The Bertz CT molecular complexity index is 901. The Balaban J connectivity index is 3.48. The van der Waals surface area contributed by atoms with Crippen molar-refractivity contribution in [2.24, 2.45) is 0 Å². The molecule has 0 bridgehead atoms. The number of unbranched alkanes of at least 4 members (excludes halogenated alkanes) is 44. The number of aliphatic hydroxyl groups is 2. The lowest BCUT2D eigenvalue weighted by atomic mass is 10.0. The van der Waals surface area contributed by atoms with Gasteiger partial charge in [0.25, 0.3) is 0 Å². The molecule has 3 N–H and O–H groups in total. The van der Waals surface area contributed by atoms with E-state index in [9.17, 15) is 15.0 Å². The molecular formula is C58H113NO3. The number of aliphatic hydroxyl groups excluding tert-OH is 2. The first-order chi connectivity index (χ1) is 30.7. The van der Waals surface area contributed by atoms with Gasteiger partial charge in [-0.15, -0.1) is 0 Å². The van der Waals surface area contributed by atoms with E-state index in [1.54, 1.807) is 6.08 Å². The third kappa shape index (κ3) is 49.9. The number of hydrogen-bond donors (Lipinski definition) is 3. The minimum absolute atomic E-state index is 0.0663. The van der Waals surface area contributed by atoms with Crippen molar-refractivity contribution in [2.75, 3.05) is 6.61 Å². The van der Waals surface area contributed by atoms with Crippen LogP contribution in [0.3, 0.4) is 0 Å². The van der Waals surface area contributed by atoms with Crippen molar-refractivity contribution in [3.8, 4) is 0 Å². The molecule has 2 atom stereocenters. The van der Waals surface area contributed by atoms with Crippen molar-refractivity contribution in [1.82, 2.24) is 5.32 Å². The fourth-order valence-electron chi connectivity index (χ4n) is 9.08. The predicted octanol–water partition coefficient (Wildman–Crippen LogP) is 18.7. The standard InChI is InChI=1S/C58H113NO3/c1-3-5-7-9-11-13-15-17-19-21-23-25-27-29-30-32-34-36-38-40-42-44-46-48-50-52-54-58(62)59-56(55-60)57(61)53-51-49-47-45-43-41-39-37-35-33-31-28-26-24-22-20-18-16-14-12-10-8-6-4-2/h43,45,51,53,56-57,60-61H,3-42,44,46-50,52,54-55H2,1-2H3,(H,59,62)/b45-43+,53-51+. The second-order valence-electron chi connectivity index (χ2n) is 19.7. The van der Waals surface area contributed by atoms with Crippen LogP contribution >= 0.6 is 0 Å². The molecule has 0 heterocycles. The molecule has 62 heavy (non-hydrogen) atoms. The maximum absolute atomic E-state index is 12.5. The van der Waals surface area contributed by atoms with Gasteiger partial charge in [0.2, 0.25) is 5.91 Å². The number of amides is 1. The zero-order chi connectivity index (χ0) is 44.9. The van der Waals surface area contributed by atoms with Gasteiger partial charge in [-0.05, 0) is 32.1 Å². The Morgan fingerprint density at radius 2 is 0.629 bits per heavy atom. The van der Waals surface area contributed by atoms with Crippen LogP contribution in [0.4, 0.5) is 0 Å². The van der Waals surface area contributed by atoms with Crippen LogP contribution < -0.4 is 5.32 Å². The van der Waals surface area contributed by atoms with Gasteiger partial charge in [0.15, 0.2) is 0 Å². The van der Waals surface area contributed by atoms with Gasteiger partial charge >= 0.3 is 0 Å². The molecule has 4 nitrogen and oxygen atoms in total. The van der Waals surface area contributed by atoms with E-state index < -0.39 is 12.1 Å². The van der Waals surface area contributed by atoms with E-state index in [0.717, 1.165) is 32.1 Å². The van der Waals surface area contributed by atoms with E-state index in [1.807, 2.05) is 6.08 Å². The maximum atomic E-state index is 12.5. The SMILES string of the molecule is CCCCCCCCCCCCCCCCCCCC/C=C/CC/C=C/C(O)C(CO)NC(=O)CCCCCCCCCCCCCCCCCCCCCCCCCCCC. The lowest BCUT2D eigenvalue weighted by Crippen LogP contribution is -2.45. The molecule has 0 saturated carbocycles. The largest absolute Gasteiger partial charge is 0.394 e. The smallest absolute Gasteiger partial charge is 0.220 e. The molecular weight excluding hydrogens is 759 g/mol. The molecule has 0 aliphatic carbocycles. The molecule has 368 valence electrons. The van der Waals surface area contributed by atoms with Crippen molar-refractivity contribution >= 4 is 5.91 Å². The normalized spacial score (nSPS) is 12.9. The minimum atomic E-state index is -0.860. The highest BCUT2D eigenvalue weighted by Crippen LogP contribution is 2.18. The summed E-state index contributed by atoms with van der Waals surface area (Å²) in [6, 6.07) is -0.636. The zero-order valence-electron chi connectivity index (χ0n) is 42.4. The zero-order valence-corrected chi connectivity index (χ0v) is 42.4. The molecule has 0 aromatic rings. The molecule has 0 spiro atoms. The summed E-state index contributed by atoms with van der Waals surface area (Å²) in [4.78, 5) is 12.5. The van der Waals surface area contributed by atoms with E-state index in [-0.39, 0.29) is 12.5 Å². The summed E-state index contributed by atoms with van der Waals surface area (Å²) in [5.41, 5.74) is 0. The second kappa shape index (κ2) is 54.2. The first kappa shape index (κ1) is 60.9. The van der Waals surface area contributed by atoms with Gasteiger partial charge in [-0.25, -0.2) is 0 Å². The third-order valence-corrected chi connectivity index (χ3v) is 13.4. The molecule has 2 unspecified atom stereocenters. The fraction of sp³-hybridized carbons (Fsp3) is 0.914. The van der Waals surface area contributed by atoms with Crippen LogP contribution in [0.25, 0.3) is 0 Å². The lowest BCUT2D eigenvalue weighted by Gasteiger charge is -2.19. The predicted molar refractivity (Wildman–Crippen MR) is 276 cm³/mol. The summed E-state index contributed by atoms with van der Waals surface area (Å²) in [6.07, 6.45) is 72.1. The summed E-state index contributed by atoms with van der Waals surface area (Å²) in [7, 11) is 0. The number of hydrogen-bond acceptors (Lipinski definition) is 3. The van der Waals surface area contributed by atoms with E-state index in [1.165, 1.54) is 270 Å². The topological polar surface area (TPSA) is 69.6 Å². The number of allylic oxidation sites excluding steroid dienone is 3. The number of carbonyl (C=O) groups excluding carboxylic acids is 1. The van der Waals surface area contributed by atoms with Crippen molar-refractivity contribution in [3.63, 3.8) is 0 Å². The Labute approximate surface area is 389 Å². The summed E-state index contributed by atoms with van der Waals surface area (Å²) in [5.74, 6) is -0.0663. The van der Waals surface area contributed by atoms with E-state index in [4.69, 9.17) is 0 Å². The van der Waals surface area contributed by atoms with Gasteiger partial charge in [-0.1, -0.05) is 308 Å². The maximum Gasteiger partial charge on any atom is 0.220 e. The number of carbonyl (C=O) groups is 1. The molecule has 0 aromatic carbocycles. The van der Waals surface area contributed by atoms with Crippen molar-refractivity contribution in [2.45, 2.75) is 334 Å². The van der Waals surface area contributed by atoms with Crippen LogP contribution in [0.1, 0.15) is 322 Å². The molecule has 0 saturated heterocycles. The molecule has 1 amide bonds. The lowest BCUT2D eigenvalue weighted by molar-refractivity contribution is -0.123. The monoisotopic (exact) mass is 872 g/mol. The second-order valence-corrected chi connectivity index (χ2v) is 19.7. The summed E-state index contributed by atoms with van der Waals surface area (Å²) in [5, 5.41) is 23.2. The van der Waals surface area contributed by atoms with Crippen LogP contribution in [0.5, 0.6) is 0 Å². The average molecular weight is 873 g/mol. The minimum Gasteiger partial charge on any atom is -0.394 e. The first-order valence-corrected chi connectivity index (χ1v) is 28.6. The molecule has 0 fully saturated rings. The van der Waals surface area contributed by atoms with Crippen molar-refractivity contribution in [1.29, 1.82) is 0 Å². The van der Waals surface area contributed by atoms with Crippen LogP contribution in [0.2, 0.25) is 0 Å².